The molecule has 1 aliphatic rings. The zero-order valence-corrected chi connectivity index (χ0v) is 28.4. The Morgan fingerprint density at radius 1 is 0.952 bits per heavy atom. The van der Waals surface area contributed by atoms with E-state index in [1.54, 1.807) is 18.3 Å². The highest BCUT2D eigenvalue weighted by Crippen LogP contribution is 2.42. The molecule has 0 amide bonds. The molecule has 0 radical (unpaired) electrons. The number of rotatable bonds is 11. The molecule has 1 atom stereocenters. The Hall–Kier alpha value is -3.14. The molecule has 0 saturated carbocycles. The first kappa shape index (κ1) is 36.9. The van der Waals surface area contributed by atoms with Crippen LogP contribution >= 0.6 is 0 Å². The number of pyridine rings is 1. The zero-order chi connectivity index (χ0) is 31.7. The van der Waals surface area contributed by atoms with Crippen LogP contribution in [0.1, 0.15) is 134 Å². The molecule has 4 nitrogen and oxygen atoms in total. The van der Waals surface area contributed by atoms with Crippen molar-refractivity contribution >= 4 is 5.97 Å². The molecule has 1 aromatic carbocycles. The van der Waals surface area contributed by atoms with Gasteiger partial charge >= 0.3 is 5.97 Å². The molecule has 42 heavy (non-hydrogen) atoms. The van der Waals surface area contributed by atoms with E-state index in [0.717, 1.165) is 73.8 Å². The number of carbonyl (C=O) groups is 1. The number of carbonyl (C=O) groups excluding carboxylic acids is 1. The van der Waals surface area contributed by atoms with Crippen molar-refractivity contribution in [1.29, 1.82) is 0 Å². The molecule has 4 heteroatoms. The minimum atomic E-state index is -0.390. The van der Waals surface area contributed by atoms with E-state index in [-0.39, 0.29) is 5.60 Å². The molecule has 1 unspecified atom stereocenters. The maximum absolute atomic E-state index is 12.6. The third-order valence-corrected chi connectivity index (χ3v) is 7.53. The van der Waals surface area contributed by atoms with E-state index in [9.17, 15) is 4.79 Å². The minimum absolute atomic E-state index is 0.198. The van der Waals surface area contributed by atoms with E-state index >= 15 is 0 Å². The molecule has 1 aliphatic heterocycles. The van der Waals surface area contributed by atoms with E-state index < -0.39 is 5.97 Å². The second-order valence-electron chi connectivity index (χ2n) is 11.3. The number of hydrogen-bond acceptors (Lipinski definition) is 4. The Bertz CT molecular complexity index is 1200. The van der Waals surface area contributed by atoms with Gasteiger partial charge in [-0.05, 0) is 135 Å². The topological polar surface area (TPSA) is 48.4 Å². The van der Waals surface area contributed by atoms with Gasteiger partial charge in [-0.3, -0.25) is 4.98 Å². The fourth-order valence-corrected chi connectivity index (χ4v) is 4.84. The van der Waals surface area contributed by atoms with Gasteiger partial charge < -0.3 is 9.47 Å². The summed E-state index contributed by atoms with van der Waals surface area (Å²) in [5.41, 5.74) is 7.66. The van der Waals surface area contributed by atoms with Gasteiger partial charge in [0, 0.05) is 12.4 Å². The van der Waals surface area contributed by atoms with Crippen molar-refractivity contribution in [3.63, 3.8) is 0 Å². The van der Waals surface area contributed by atoms with Gasteiger partial charge in [0.15, 0.2) is 0 Å². The number of fused-ring (bicyclic) bond motifs is 1. The minimum Gasteiger partial charge on any atom is -0.487 e. The van der Waals surface area contributed by atoms with Gasteiger partial charge in [-0.25, -0.2) is 4.79 Å². The highest BCUT2D eigenvalue weighted by Gasteiger charge is 2.33. The van der Waals surface area contributed by atoms with E-state index in [0.29, 0.717) is 11.3 Å². The van der Waals surface area contributed by atoms with E-state index in [2.05, 4.69) is 64.8 Å². The second kappa shape index (κ2) is 19.1. The summed E-state index contributed by atoms with van der Waals surface area (Å²) < 4.78 is 12.4. The van der Waals surface area contributed by atoms with Gasteiger partial charge in [-0.1, -0.05) is 62.6 Å². The average Bonchev–Trinajstić information content (AvgIpc) is 2.98. The fraction of sp³-hybridized carbons (Fsp3) is 0.526. The SMILES string of the molecule is CC.CC.CC(C)=CCC/C(C)=C/CC/C(C)=C/CCC1(C)CCc2cc(OC(=O)c3cccnc3)c(C)c(C)c2O1. The zero-order valence-electron chi connectivity index (χ0n) is 28.4. The van der Waals surface area contributed by atoms with Gasteiger partial charge in [0.1, 0.15) is 17.1 Å². The summed E-state index contributed by atoms with van der Waals surface area (Å²) in [6, 6.07) is 5.43. The molecular formula is C38H57NO3. The molecule has 0 aliphatic carbocycles. The number of ether oxygens (including phenoxy) is 2. The van der Waals surface area contributed by atoms with Crippen molar-refractivity contribution in [2.24, 2.45) is 0 Å². The number of aryl methyl sites for hydroxylation is 1. The van der Waals surface area contributed by atoms with Crippen molar-refractivity contribution < 1.29 is 14.3 Å². The summed E-state index contributed by atoms with van der Waals surface area (Å²) >= 11 is 0. The molecule has 2 heterocycles. The molecule has 1 aromatic heterocycles. The molecule has 0 fully saturated rings. The van der Waals surface area contributed by atoms with Crippen molar-refractivity contribution in [2.45, 2.75) is 133 Å². The van der Waals surface area contributed by atoms with Crippen molar-refractivity contribution in [3.05, 3.63) is 87.8 Å². The van der Waals surface area contributed by atoms with Crippen LogP contribution in [0.15, 0.2) is 65.5 Å². The lowest BCUT2D eigenvalue weighted by molar-refractivity contribution is 0.0556. The predicted octanol–water partition coefficient (Wildman–Crippen LogP) is 11.3. The lowest BCUT2D eigenvalue weighted by atomic mass is 9.86. The van der Waals surface area contributed by atoms with Crippen LogP contribution in [0.4, 0.5) is 0 Å². The standard InChI is InChI=1S/C34H45NO3.2C2H6/c1-24(2)12-8-13-25(3)14-9-15-26(4)16-10-19-34(7)20-18-29-22-31(27(5)28(6)32(29)38-34)37-33(36)30-17-11-21-35-23-30;2*1-2/h11-12,14,16-17,21-23H,8-10,13,15,18-20H2,1-7H3;2*1-2H3/b25-14+,26-16+;;. The van der Waals surface area contributed by atoms with Crippen molar-refractivity contribution in [3.8, 4) is 11.5 Å². The maximum atomic E-state index is 12.6. The maximum Gasteiger partial charge on any atom is 0.345 e. The summed E-state index contributed by atoms with van der Waals surface area (Å²) in [6.45, 7) is 23.1. The van der Waals surface area contributed by atoms with Gasteiger partial charge in [-0.2, -0.15) is 0 Å². The summed E-state index contributed by atoms with van der Waals surface area (Å²) in [5, 5.41) is 0. The first-order valence-electron chi connectivity index (χ1n) is 16.0. The Morgan fingerprint density at radius 3 is 2.17 bits per heavy atom. The largest absolute Gasteiger partial charge is 0.487 e. The van der Waals surface area contributed by atoms with E-state index in [1.165, 1.54) is 22.9 Å². The summed E-state index contributed by atoms with van der Waals surface area (Å²) in [6.07, 6.45) is 18.6. The smallest absolute Gasteiger partial charge is 0.345 e. The molecule has 3 rings (SSSR count). The van der Waals surface area contributed by atoms with Crippen LogP contribution in [0.5, 0.6) is 11.5 Å². The molecule has 0 N–H and O–H groups in total. The number of aromatic nitrogens is 1. The third kappa shape index (κ3) is 12.0. The van der Waals surface area contributed by atoms with E-state index in [1.807, 2.05) is 40.7 Å². The second-order valence-corrected chi connectivity index (χ2v) is 11.3. The van der Waals surface area contributed by atoms with Crippen LogP contribution < -0.4 is 9.47 Å². The molecule has 232 valence electrons. The Kier molecular flexibility index (Phi) is 16.8. The summed E-state index contributed by atoms with van der Waals surface area (Å²) in [7, 11) is 0. The average molecular weight is 576 g/mol. The number of esters is 1. The first-order valence-corrected chi connectivity index (χ1v) is 16.0. The molecule has 0 spiro atoms. The Balaban J connectivity index is 0.00000211. The number of allylic oxidation sites excluding steroid dienone is 6. The van der Waals surface area contributed by atoms with Crippen LogP contribution in [0.3, 0.4) is 0 Å². The third-order valence-electron chi connectivity index (χ3n) is 7.53. The van der Waals surface area contributed by atoms with Crippen molar-refractivity contribution in [2.75, 3.05) is 0 Å². The summed E-state index contributed by atoms with van der Waals surface area (Å²) in [5.74, 6) is 1.16. The highest BCUT2D eigenvalue weighted by atomic mass is 16.5. The lowest BCUT2D eigenvalue weighted by Gasteiger charge is -2.37. The van der Waals surface area contributed by atoms with Gasteiger partial charge in [0.25, 0.3) is 0 Å². The Morgan fingerprint density at radius 2 is 1.57 bits per heavy atom. The monoisotopic (exact) mass is 575 g/mol. The van der Waals surface area contributed by atoms with Gasteiger partial charge in [0.05, 0.1) is 5.56 Å². The van der Waals surface area contributed by atoms with E-state index in [4.69, 9.17) is 9.47 Å². The van der Waals surface area contributed by atoms with Crippen LogP contribution in [0, 0.1) is 13.8 Å². The first-order chi connectivity index (χ1) is 20.1. The van der Waals surface area contributed by atoms with Crippen LogP contribution in [0.25, 0.3) is 0 Å². The van der Waals surface area contributed by atoms with Crippen LogP contribution in [-0.2, 0) is 6.42 Å². The van der Waals surface area contributed by atoms with Crippen LogP contribution in [-0.4, -0.2) is 16.6 Å². The molecule has 0 saturated heterocycles. The number of benzene rings is 1. The lowest BCUT2D eigenvalue weighted by Crippen LogP contribution is -2.36. The predicted molar refractivity (Wildman–Crippen MR) is 180 cm³/mol. The highest BCUT2D eigenvalue weighted by molar-refractivity contribution is 5.90. The Labute approximate surface area is 257 Å². The van der Waals surface area contributed by atoms with Gasteiger partial charge in [0.2, 0.25) is 0 Å². The molecule has 0 bridgehead atoms. The molecular weight excluding hydrogens is 518 g/mol. The number of hydrogen-bond donors (Lipinski definition) is 0. The summed E-state index contributed by atoms with van der Waals surface area (Å²) in [4.78, 5) is 16.6. The van der Waals surface area contributed by atoms with Gasteiger partial charge in [-0.15, -0.1) is 0 Å². The van der Waals surface area contributed by atoms with Crippen LogP contribution in [0.2, 0.25) is 0 Å². The quantitative estimate of drug-likeness (QED) is 0.152. The molecule has 2 aromatic rings. The fourth-order valence-electron chi connectivity index (χ4n) is 4.84. The van der Waals surface area contributed by atoms with Crippen molar-refractivity contribution in [1.82, 2.24) is 4.98 Å². The number of nitrogens with zero attached hydrogens (tertiary/aromatic N) is 1. The normalized spacial score (nSPS) is 16.1.